The van der Waals surface area contributed by atoms with Gasteiger partial charge in [-0.2, -0.15) is 0 Å². The summed E-state index contributed by atoms with van der Waals surface area (Å²) in [5.74, 6) is 0. The summed E-state index contributed by atoms with van der Waals surface area (Å²) >= 11 is 0. The van der Waals surface area contributed by atoms with Gasteiger partial charge in [0.15, 0.2) is 0 Å². The van der Waals surface area contributed by atoms with Crippen LogP contribution >= 0.6 is 0 Å². The van der Waals surface area contributed by atoms with Crippen LogP contribution in [0.5, 0.6) is 0 Å². The van der Waals surface area contributed by atoms with Crippen LogP contribution in [0, 0.1) is 0 Å². The van der Waals surface area contributed by atoms with Gasteiger partial charge in [0.2, 0.25) is 0 Å². The van der Waals surface area contributed by atoms with Gasteiger partial charge in [0, 0.05) is 0 Å². The quantitative estimate of drug-likeness (QED) is 0.461. The van der Waals surface area contributed by atoms with Crippen molar-refractivity contribution in [1.82, 2.24) is 0 Å². The van der Waals surface area contributed by atoms with Gasteiger partial charge in [-0.3, -0.25) is 0 Å². The maximum atomic E-state index is 8.92. The Bertz CT molecular complexity index is 59.5. The number of rotatable bonds is 0. The Morgan fingerprint density at radius 1 is 0.778 bits per heavy atom. The van der Waals surface area contributed by atoms with E-state index in [1.165, 1.54) is 0 Å². The van der Waals surface area contributed by atoms with Crippen LogP contribution in [-0.4, -0.2) is 60.2 Å². The van der Waals surface area contributed by atoms with Gasteiger partial charge in [-0.1, -0.05) is 0 Å². The average Bonchev–Trinajstić information content (AvgIpc) is 1.77. The number of aliphatic hydroxyl groups excluding tert-OH is 2. The number of aliphatic hydroxyl groups is 2. The van der Waals surface area contributed by atoms with Crippen LogP contribution in [0.1, 0.15) is 25.7 Å². The summed E-state index contributed by atoms with van der Waals surface area (Å²) in [6.07, 6.45) is 2.83. The summed E-state index contributed by atoms with van der Waals surface area (Å²) < 4.78 is 0. The minimum atomic E-state index is -0.140. The van der Waals surface area contributed by atoms with E-state index in [0.29, 0.717) is 0 Å². The van der Waals surface area contributed by atoms with Crippen molar-refractivity contribution in [2.75, 3.05) is 0 Å². The zero-order valence-electron chi connectivity index (χ0n) is 4.88. The molecule has 3 heteroatoms. The first-order valence-corrected chi connectivity index (χ1v) is 3.15. The Labute approximate surface area is 85.3 Å². The van der Waals surface area contributed by atoms with E-state index in [1.54, 1.807) is 0 Å². The van der Waals surface area contributed by atoms with E-state index in [9.17, 15) is 0 Å². The normalized spacial score (nSPS) is 35.3. The average molecular weight is 158 g/mol. The first-order valence-electron chi connectivity index (χ1n) is 3.15. The molecule has 1 fully saturated rings. The first-order chi connectivity index (χ1) is 3.79. The van der Waals surface area contributed by atoms with Crippen LogP contribution < -0.4 is 0 Å². The SMILES string of the molecule is OC1CCC(O)CC1.[CaH2]. The van der Waals surface area contributed by atoms with Gasteiger partial charge in [-0.05, 0) is 25.7 Å². The topological polar surface area (TPSA) is 40.5 Å². The van der Waals surface area contributed by atoms with Crippen molar-refractivity contribution in [2.24, 2.45) is 0 Å². The van der Waals surface area contributed by atoms with E-state index in [-0.39, 0.29) is 49.9 Å². The van der Waals surface area contributed by atoms with Crippen molar-refractivity contribution in [2.45, 2.75) is 37.9 Å². The fourth-order valence-corrected chi connectivity index (χ4v) is 1.06. The Morgan fingerprint density at radius 2 is 1.00 bits per heavy atom. The zero-order valence-corrected chi connectivity index (χ0v) is 4.88. The molecule has 0 radical (unpaired) electrons. The second-order valence-electron chi connectivity index (χ2n) is 2.46. The second-order valence-corrected chi connectivity index (χ2v) is 2.46. The predicted molar refractivity (Wildman–Crippen MR) is 39.0 cm³/mol. The molecule has 0 aliphatic heterocycles. The first kappa shape index (κ1) is 10.2. The molecule has 0 heterocycles. The van der Waals surface area contributed by atoms with Gasteiger partial charge in [0.1, 0.15) is 0 Å². The molecule has 1 aliphatic rings. The van der Waals surface area contributed by atoms with Gasteiger partial charge in [0.25, 0.3) is 0 Å². The molecule has 0 unspecified atom stereocenters. The van der Waals surface area contributed by atoms with E-state index in [1.807, 2.05) is 0 Å². The molecule has 0 bridgehead atoms. The van der Waals surface area contributed by atoms with Gasteiger partial charge in [-0.25, -0.2) is 0 Å². The molecular weight excluding hydrogens is 144 g/mol. The molecule has 0 saturated heterocycles. The molecule has 2 nitrogen and oxygen atoms in total. The molecule has 1 aliphatic carbocycles. The predicted octanol–water partition coefficient (Wildman–Crippen LogP) is -0.634. The van der Waals surface area contributed by atoms with Crippen LogP contribution in [0.4, 0.5) is 0 Å². The summed E-state index contributed by atoms with van der Waals surface area (Å²) in [4.78, 5) is 0. The third-order valence-electron chi connectivity index (χ3n) is 1.67. The second kappa shape index (κ2) is 4.91. The minimum absolute atomic E-state index is 0. The fraction of sp³-hybridized carbons (Fsp3) is 1.00. The van der Waals surface area contributed by atoms with Crippen LogP contribution in [0.2, 0.25) is 0 Å². The van der Waals surface area contributed by atoms with Crippen molar-refractivity contribution in [3.8, 4) is 0 Å². The standard InChI is InChI=1S/C6H12O2.Ca.2H/c7-5-1-2-6(8)4-3-5;;;/h5-8H,1-4H2;;;. The summed E-state index contributed by atoms with van der Waals surface area (Å²) in [5.41, 5.74) is 0. The Hall–Kier alpha value is 1.18. The monoisotopic (exact) mass is 158 g/mol. The van der Waals surface area contributed by atoms with Crippen LogP contribution in [0.15, 0.2) is 0 Å². The maximum absolute atomic E-state index is 8.92. The third-order valence-corrected chi connectivity index (χ3v) is 1.67. The van der Waals surface area contributed by atoms with E-state index >= 15 is 0 Å². The van der Waals surface area contributed by atoms with Gasteiger partial charge < -0.3 is 10.2 Å². The van der Waals surface area contributed by atoms with E-state index in [2.05, 4.69) is 0 Å². The van der Waals surface area contributed by atoms with Crippen LogP contribution in [0.3, 0.4) is 0 Å². The summed E-state index contributed by atoms with van der Waals surface area (Å²) in [6, 6.07) is 0. The van der Waals surface area contributed by atoms with Gasteiger partial charge in [-0.15, -0.1) is 0 Å². The van der Waals surface area contributed by atoms with Crippen molar-refractivity contribution < 1.29 is 10.2 Å². The van der Waals surface area contributed by atoms with E-state index in [0.717, 1.165) is 25.7 Å². The van der Waals surface area contributed by atoms with Crippen molar-refractivity contribution >= 4 is 37.7 Å². The molecule has 0 aromatic rings. The van der Waals surface area contributed by atoms with E-state index in [4.69, 9.17) is 10.2 Å². The third kappa shape index (κ3) is 3.79. The van der Waals surface area contributed by atoms with E-state index < -0.39 is 0 Å². The Morgan fingerprint density at radius 3 is 1.22 bits per heavy atom. The fourth-order valence-electron chi connectivity index (χ4n) is 1.06. The molecule has 0 amide bonds. The number of hydrogen-bond acceptors (Lipinski definition) is 2. The van der Waals surface area contributed by atoms with Crippen molar-refractivity contribution in [1.29, 1.82) is 0 Å². The van der Waals surface area contributed by atoms with Crippen molar-refractivity contribution in [3.63, 3.8) is 0 Å². The van der Waals surface area contributed by atoms with Crippen LogP contribution in [0.25, 0.3) is 0 Å². The Kier molecular flexibility index (Phi) is 5.56. The van der Waals surface area contributed by atoms with Gasteiger partial charge in [0.05, 0.1) is 12.2 Å². The Balaban J connectivity index is 0.000000640. The molecule has 0 aromatic carbocycles. The molecule has 1 saturated carbocycles. The summed E-state index contributed by atoms with van der Waals surface area (Å²) in [7, 11) is 0. The molecule has 1 rings (SSSR count). The molecule has 52 valence electrons. The number of hydrogen-bond donors (Lipinski definition) is 2. The molecule has 9 heavy (non-hydrogen) atoms. The zero-order chi connectivity index (χ0) is 5.98. The molecule has 0 aromatic heterocycles. The molecule has 0 spiro atoms. The summed E-state index contributed by atoms with van der Waals surface area (Å²) in [6.45, 7) is 0. The van der Waals surface area contributed by atoms with Gasteiger partial charge >= 0.3 is 37.7 Å². The molecular formula is C6H14CaO2. The van der Waals surface area contributed by atoms with Crippen LogP contribution in [-0.2, 0) is 0 Å². The summed E-state index contributed by atoms with van der Waals surface area (Å²) in [5, 5.41) is 17.8. The van der Waals surface area contributed by atoms with Crippen molar-refractivity contribution in [3.05, 3.63) is 0 Å². The molecule has 2 N–H and O–H groups in total. The molecule has 0 atom stereocenters.